The summed E-state index contributed by atoms with van der Waals surface area (Å²) in [6.07, 6.45) is 0. The van der Waals surface area contributed by atoms with Crippen LogP contribution in [0.3, 0.4) is 0 Å². The summed E-state index contributed by atoms with van der Waals surface area (Å²) in [5.41, 5.74) is 1.37. The number of anilines is 1. The van der Waals surface area contributed by atoms with Gasteiger partial charge in [0.1, 0.15) is 5.25 Å². The number of hydrogen-bond donors (Lipinski definition) is 1. The predicted octanol–water partition coefficient (Wildman–Crippen LogP) is 3.35. The van der Waals surface area contributed by atoms with Crippen molar-refractivity contribution < 1.29 is 28.8 Å². The van der Waals surface area contributed by atoms with Gasteiger partial charge in [0.2, 0.25) is 0 Å². The molecule has 0 spiro atoms. The summed E-state index contributed by atoms with van der Waals surface area (Å²) in [4.78, 5) is 46.7. The molecule has 0 saturated carbocycles. The second-order valence-corrected chi connectivity index (χ2v) is 7.60. The number of amides is 1. The van der Waals surface area contributed by atoms with Gasteiger partial charge in [-0.05, 0) is 43.7 Å². The molecule has 0 saturated heterocycles. The van der Waals surface area contributed by atoms with Crippen molar-refractivity contribution in [2.45, 2.75) is 24.0 Å². The van der Waals surface area contributed by atoms with Crippen LogP contribution in [0.2, 0.25) is 0 Å². The SMILES string of the molecule is COC(=O)c1ccc(C)c(NC(=O)COC(=O)C(C)Sc2ccc([N+](=O)[O-])cc2)c1. The third kappa shape index (κ3) is 6.31. The molecule has 1 amide bonds. The number of hydrogen-bond acceptors (Lipinski definition) is 8. The van der Waals surface area contributed by atoms with E-state index in [0.29, 0.717) is 10.6 Å². The largest absolute Gasteiger partial charge is 0.465 e. The zero-order chi connectivity index (χ0) is 22.3. The molecular formula is C20H20N2O7S. The van der Waals surface area contributed by atoms with E-state index in [2.05, 4.69) is 10.1 Å². The lowest BCUT2D eigenvalue weighted by atomic mass is 10.1. The van der Waals surface area contributed by atoms with Crippen LogP contribution in [0.5, 0.6) is 0 Å². The lowest BCUT2D eigenvalue weighted by Gasteiger charge is -2.13. The predicted molar refractivity (Wildman–Crippen MR) is 111 cm³/mol. The van der Waals surface area contributed by atoms with Crippen molar-refractivity contribution in [3.8, 4) is 0 Å². The molecule has 2 aromatic carbocycles. The van der Waals surface area contributed by atoms with Crippen LogP contribution in [0.15, 0.2) is 47.4 Å². The van der Waals surface area contributed by atoms with Gasteiger partial charge in [-0.1, -0.05) is 6.07 Å². The van der Waals surface area contributed by atoms with Crippen LogP contribution >= 0.6 is 11.8 Å². The summed E-state index contributed by atoms with van der Waals surface area (Å²) in [6, 6.07) is 10.5. The van der Waals surface area contributed by atoms with Crippen molar-refractivity contribution in [2.24, 2.45) is 0 Å². The summed E-state index contributed by atoms with van der Waals surface area (Å²) in [5, 5.41) is 12.6. The monoisotopic (exact) mass is 432 g/mol. The molecule has 0 fully saturated rings. The number of carbonyl (C=O) groups excluding carboxylic acids is 3. The van der Waals surface area contributed by atoms with Crippen LogP contribution in [0.25, 0.3) is 0 Å². The fraction of sp³-hybridized carbons (Fsp3) is 0.250. The zero-order valence-electron chi connectivity index (χ0n) is 16.5. The van der Waals surface area contributed by atoms with Gasteiger partial charge in [-0.15, -0.1) is 11.8 Å². The van der Waals surface area contributed by atoms with E-state index in [1.165, 1.54) is 37.4 Å². The molecule has 1 atom stereocenters. The standard InChI is InChI=1S/C20H20N2O7S/c1-12-4-5-14(20(25)28-3)10-17(12)21-18(23)11-29-19(24)13(2)30-16-8-6-15(7-9-16)22(26)27/h4-10,13H,11H2,1-3H3,(H,21,23). The number of methoxy groups -OCH3 is 1. The molecule has 1 N–H and O–H groups in total. The molecule has 2 rings (SSSR count). The molecule has 0 bridgehead atoms. The van der Waals surface area contributed by atoms with Crippen molar-refractivity contribution in [3.05, 3.63) is 63.7 Å². The molecule has 0 radical (unpaired) electrons. The molecule has 2 aromatic rings. The number of nitrogens with zero attached hydrogens (tertiary/aromatic N) is 1. The lowest BCUT2D eigenvalue weighted by molar-refractivity contribution is -0.384. The first-order valence-electron chi connectivity index (χ1n) is 8.78. The van der Waals surface area contributed by atoms with Gasteiger partial charge in [0, 0.05) is 22.7 Å². The molecule has 158 valence electrons. The maximum atomic E-state index is 12.1. The number of rotatable bonds is 8. The number of nitro benzene ring substituents is 1. The van der Waals surface area contributed by atoms with Gasteiger partial charge in [0.25, 0.3) is 11.6 Å². The fourth-order valence-corrected chi connectivity index (χ4v) is 3.21. The first-order chi connectivity index (χ1) is 14.2. The highest BCUT2D eigenvalue weighted by Crippen LogP contribution is 2.26. The van der Waals surface area contributed by atoms with Crippen molar-refractivity contribution >= 4 is 41.0 Å². The molecule has 1 unspecified atom stereocenters. The van der Waals surface area contributed by atoms with Crippen molar-refractivity contribution in [1.29, 1.82) is 0 Å². The third-order valence-corrected chi connectivity index (χ3v) is 5.06. The Bertz CT molecular complexity index is 960. The Hall–Kier alpha value is -3.40. The van der Waals surface area contributed by atoms with Crippen molar-refractivity contribution in [2.75, 3.05) is 19.0 Å². The summed E-state index contributed by atoms with van der Waals surface area (Å²) >= 11 is 1.16. The molecule has 10 heteroatoms. The smallest absolute Gasteiger partial charge is 0.337 e. The highest BCUT2D eigenvalue weighted by molar-refractivity contribution is 8.00. The summed E-state index contributed by atoms with van der Waals surface area (Å²) in [5.74, 6) is -1.69. The van der Waals surface area contributed by atoms with Gasteiger partial charge in [-0.3, -0.25) is 19.7 Å². The maximum Gasteiger partial charge on any atom is 0.337 e. The van der Waals surface area contributed by atoms with Gasteiger partial charge >= 0.3 is 11.9 Å². The molecule has 0 aliphatic rings. The van der Waals surface area contributed by atoms with Crippen LogP contribution in [-0.2, 0) is 19.1 Å². The summed E-state index contributed by atoms with van der Waals surface area (Å²) in [6.45, 7) is 2.87. The average molecular weight is 432 g/mol. The highest BCUT2D eigenvalue weighted by Gasteiger charge is 2.18. The molecule has 9 nitrogen and oxygen atoms in total. The van der Waals surface area contributed by atoms with Gasteiger partial charge in [0.05, 0.1) is 17.6 Å². The van der Waals surface area contributed by atoms with Crippen LogP contribution in [-0.4, -0.2) is 41.7 Å². The number of nitrogens with one attached hydrogen (secondary N) is 1. The molecule has 0 aromatic heterocycles. The quantitative estimate of drug-likeness (QED) is 0.291. The maximum absolute atomic E-state index is 12.1. The highest BCUT2D eigenvalue weighted by atomic mass is 32.2. The molecular weight excluding hydrogens is 412 g/mol. The summed E-state index contributed by atoms with van der Waals surface area (Å²) < 4.78 is 9.69. The number of carbonyl (C=O) groups is 3. The van der Waals surface area contributed by atoms with Crippen LogP contribution in [0, 0.1) is 17.0 Å². The second kappa shape index (κ2) is 10.4. The number of benzene rings is 2. The number of ether oxygens (including phenoxy) is 2. The van der Waals surface area contributed by atoms with Gasteiger partial charge in [-0.25, -0.2) is 4.79 Å². The zero-order valence-corrected chi connectivity index (χ0v) is 17.4. The van der Waals surface area contributed by atoms with Crippen LogP contribution < -0.4 is 5.32 Å². The first-order valence-corrected chi connectivity index (χ1v) is 9.65. The van der Waals surface area contributed by atoms with Crippen LogP contribution in [0.1, 0.15) is 22.8 Å². The number of esters is 2. The number of thioether (sulfide) groups is 1. The Balaban J connectivity index is 1.88. The van der Waals surface area contributed by atoms with E-state index in [-0.39, 0.29) is 11.3 Å². The minimum Gasteiger partial charge on any atom is -0.465 e. The third-order valence-electron chi connectivity index (χ3n) is 3.97. The first kappa shape index (κ1) is 22.9. The molecule has 0 aliphatic carbocycles. The molecule has 0 heterocycles. The Morgan fingerprint density at radius 3 is 2.43 bits per heavy atom. The van der Waals surface area contributed by atoms with Crippen molar-refractivity contribution in [1.82, 2.24) is 0 Å². The van der Waals surface area contributed by atoms with Gasteiger partial charge in [0.15, 0.2) is 6.61 Å². The van der Waals surface area contributed by atoms with E-state index < -0.39 is 34.6 Å². The van der Waals surface area contributed by atoms with E-state index in [1.54, 1.807) is 26.0 Å². The number of non-ortho nitro benzene ring substituents is 1. The average Bonchev–Trinajstić information content (AvgIpc) is 2.73. The van der Waals surface area contributed by atoms with Crippen molar-refractivity contribution in [3.63, 3.8) is 0 Å². The van der Waals surface area contributed by atoms with Gasteiger partial charge < -0.3 is 14.8 Å². The van der Waals surface area contributed by atoms with Gasteiger partial charge in [-0.2, -0.15) is 0 Å². The minimum absolute atomic E-state index is 0.0437. The minimum atomic E-state index is -0.622. The van der Waals surface area contributed by atoms with E-state index >= 15 is 0 Å². The van der Waals surface area contributed by atoms with E-state index in [1.807, 2.05) is 0 Å². The Labute approximate surface area is 176 Å². The Kier molecular flexibility index (Phi) is 7.93. The van der Waals surface area contributed by atoms with E-state index in [0.717, 1.165) is 17.3 Å². The molecule has 0 aliphatic heterocycles. The normalized spacial score (nSPS) is 11.3. The summed E-state index contributed by atoms with van der Waals surface area (Å²) in [7, 11) is 1.26. The number of nitro groups is 1. The van der Waals surface area contributed by atoms with Crippen LogP contribution in [0.4, 0.5) is 11.4 Å². The second-order valence-electron chi connectivity index (χ2n) is 6.19. The topological polar surface area (TPSA) is 125 Å². The van der Waals surface area contributed by atoms with E-state index in [4.69, 9.17) is 4.74 Å². The van der Waals surface area contributed by atoms with E-state index in [9.17, 15) is 24.5 Å². The Morgan fingerprint density at radius 2 is 1.83 bits per heavy atom. The molecule has 30 heavy (non-hydrogen) atoms. The lowest BCUT2D eigenvalue weighted by Crippen LogP contribution is -2.25. The number of aryl methyl sites for hydroxylation is 1. The Morgan fingerprint density at radius 1 is 1.17 bits per heavy atom. The fourth-order valence-electron chi connectivity index (χ4n) is 2.34.